The Bertz CT molecular complexity index is 1120. The number of carbonyl (C=O) groups excluding carboxylic acids is 2. The Morgan fingerprint density at radius 2 is 0.532 bits per heavy atom. The van der Waals surface area contributed by atoms with Gasteiger partial charge in [-0.15, -0.1) is 0 Å². The van der Waals surface area contributed by atoms with Crippen molar-refractivity contribution in [2.75, 3.05) is 13.2 Å². The van der Waals surface area contributed by atoms with E-state index in [0.717, 1.165) is 38.5 Å². The quantitative estimate of drug-likeness (QED) is 0.0417. The maximum atomic E-state index is 12.5. The van der Waals surface area contributed by atoms with Gasteiger partial charge < -0.3 is 20.3 Å². The maximum Gasteiger partial charge on any atom is 0.305 e. The molecule has 0 bridgehead atoms. The van der Waals surface area contributed by atoms with Crippen LogP contribution in [0.5, 0.6) is 0 Å². The second-order valence-corrected chi connectivity index (χ2v) is 24.9. The summed E-state index contributed by atoms with van der Waals surface area (Å²) in [4.78, 5) is 24.6. The van der Waals surface area contributed by atoms with Crippen molar-refractivity contribution in [3.05, 3.63) is 0 Å². The second kappa shape index (κ2) is 67.4. The van der Waals surface area contributed by atoms with Gasteiger partial charge in [-0.1, -0.05) is 380 Å². The summed E-state index contributed by atoms with van der Waals surface area (Å²) in [5.74, 6) is -0.00572. The van der Waals surface area contributed by atoms with Gasteiger partial charge in [0.2, 0.25) is 5.91 Å². The molecule has 0 aromatic heterocycles. The summed E-state index contributed by atoms with van der Waals surface area (Å²) in [7, 11) is 0. The molecular weight excluding hydrogens is 947 g/mol. The molecule has 0 aliphatic carbocycles. The van der Waals surface area contributed by atoms with Gasteiger partial charge in [0.25, 0.3) is 0 Å². The summed E-state index contributed by atoms with van der Waals surface area (Å²) in [6.07, 6.45) is 81.6. The van der Waals surface area contributed by atoms with Crippen LogP contribution in [0.4, 0.5) is 0 Å². The van der Waals surface area contributed by atoms with E-state index in [2.05, 4.69) is 19.2 Å². The Balaban J connectivity index is 3.33. The van der Waals surface area contributed by atoms with Crippen LogP contribution in [0.3, 0.4) is 0 Å². The molecule has 2 unspecified atom stereocenters. The Morgan fingerprint density at radius 1 is 0.312 bits per heavy atom. The van der Waals surface area contributed by atoms with Crippen molar-refractivity contribution < 1.29 is 24.5 Å². The molecule has 0 aliphatic heterocycles. The zero-order valence-corrected chi connectivity index (χ0v) is 52.7. The molecule has 0 aromatic rings. The number of carbonyl (C=O) groups is 2. The van der Waals surface area contributed by atoms with Crippen LogP contribution in [0.25, 0.3) is 0 Å². The summed E-state index contributed by atoms with van der Waals surface area (Å²) in [5.41, 5.74) is 0. The zero-order valence-electron chi connectivity index (χ0n) is 52.7. The molecule has 0 aliphatic rings. The van der Waals surface area contributed by atoms with Crippen LogP contribution < -0.4 is 5.32 Å². The van der Waals surface area contributed by atoms with Crippen molar-refractivity contribution in [1.82, 2.24) is 5.32 Å². The molecule has 0 heterocycles. The molecule has 3 N–H and O–H groups in total. The first kappa shape index (κ1) is 75.9. The first-order valence-electron chi connectivity index (χ1n) is 35.8. The number of aliphatic hydroxyl groups excluding tert-OH is 2. The summed E-state index contributed by atoms with van der Waals surface area (Å²) in [6, 6.07) is -0.538. The van der Waals surface area contributed by atoms with Gasteiger partial charge in [0.1, 0.15) is 0 Å². The number of rotatable bonds is 68. The number of unbranched alkanes of at least 4 members (excludes halogenated alkanes) is 57. The van der Waals surface area contributed by atoms with Gasteiger partial charge in [-0.2, -0.15) is 0 Å². The van der Waals surface area contributed by atoms with Gasteiger partial charge >= 0.3 is 5.97 Å². The highest BCUT2D eigenvalue weighted by atomic mass is 16.5. The fourth-order valence-electron chi connectivity index (χ4n) is 11.7. The molecule has 0 aromatic carbocycles. The van der Waals surface area contributed by atoms with E-state index in [4.69, 9.17) is 4.74 Å². The Morgan fingerprint density at radius 3 is 0.792 bits per heavy atom. The van der Waals surface area contributed by atoms with E-state index in [1.165, 1.54) is 347 Å². The Hall–Kier alpha value is -1.14. The lowest BCUT2D eigenvalue weighted by molar-refractivity contribution is -0.143. The highest BCUT2D eigenvalue weighted by molar-refractivity contribution is 5.76. The lowest BCUT2D eigenvalue weighted by Gasteiger charge is -2.22. The molecule has 0 radical (unpaired) electrons. The van der Waals surface area contributed by atoms with Crippen LogP contribution in [-0.4, -0.2) is 47.4 Å². The third-order valence-corrected chi connectivity index (χ3v) is 17.2. The third kappa shape index (κ3) is 63.9. The van der Waals surface area contributed by atoms with Gasteiger partial charge in [0, 0.05) is 12.8 Å². The summed E-state index contributed by atoms with van der Waals surface area (Å²) < 4.78 is 5.48. The lowest BCUT2D eigenvalue weighted by atomic mass is 10.0. The van der Waals surface area contributed by atoms with Crippen LogP contribution in [0.1, 0.15) is 418 Å². The predicted octanol–water partition coefficient (Wildman–Crippen LogP) is 23.0. The van der Waals surface area contributed by atoms with Crippen LogP contribution in [0.15, 0.2) is 0 Å². The highest BCUT2D eigenvalue weighted by Gasteiger charge is 2.20. The normalized spacial score (nSPS) is 12.4. The Kier molecular flexibility index (Phi) is 66.4. The monoisotopic (exact) mass is 1090 g/mol. The molecule has 6 nitrogen and oxygen atoms in total. The zero-order chi connectivity index (χ0) is 55.7. The average molecular weight is 1090 g/mol. The van der Waals surface area contributed by atoms with Crippen molar-refractivity contribution in [2.45, 2.75) is 431 Å². The first-order chi connectivity index (χ1) is 38.0. The molecule has 77 heavy (non-hydrogen) atoms. The fourth-order valence-corrected chi connectivity index (χ4v) is 11.7. The smallest absolute Gasteiger partial charge is 0.305 e. The fraction of sp³-hybridized carbons (Fsp3) is 0.972. The molecular formula is C71H141NO5. The van der Waals surface area contributed by atoms with Crippen molar-refractivity contribution in [2.24, 2.45) is 0 Å². The summed E-state index contributed by atoms with van der Waals surface area (Å²) >= 11 is 0. The number of nitrogens with one attached hydrogen (secondary N) is 1. The number of ether oxygens (including phenoxy) is 1. The first-order valence-corrected chi connectivity index (χ1v) is 35.8. The SMILES string of the molecule is CCCCCCCCCCCCCCCCCCCCCCC(O)C(CO)NC(=O)CCCCCCCCCCCCCCCCCCCCCCCCCCCCCCCOC(=O)CCCCCCCCCCCCC. The van der Waals surface area contributed by atoms with Crippen molar-refractivity contribution in [3.63, 3.8) is 0 Å². The van der Waals surface area contributed by atoms with Gasteiger partial charge in [0.05, 0.1) is 25.4 Å². The molecule has 0 rings (SSSR count). The summed E-state index contributed by atoms with van der Waals surface area (Å²) in [6.45, 7) is 5.00. The van der Waals surface area contributed by atoms with Gasteiger partial charge in [-0.3, -0.25) is 9.59 Å². The molecule has 2 atom stereocenters. The predicted molar refractivity (Wildman–Crippen MR) is 338 cm³/mol. The Labute approximate surface area is 483 Å². The molecule has 0 saturated carbocycles. The van der Waals surface area contributed by atoms with E-state index in [-0.39, 0.29) is 18.5 Å². The van der Waals surface area contributed by atoms with Crippen molar-refractivity contribution >= 4 is 11.9 Å². The minimum absolute atomic E-state index is 0.0204. The summed E-state index contributed by atoms with van der Waals surface area (Å²) in [5, 5.41) is 23.4. The number of esters is 1. The van der Waals surface area contributed by atoms with E-state index < -0.39 is 12.1 Å². The number of aliphatic hydroxyl groups is 2. The van der Waals surface area contributed by atoms with E-state index in [9.17, 15) is 19.8 Å². The average Bonchev–Trinajstić information content (AvgIpc) is 3.43. The molecule has 460 valence electrons. The second-order valence-electron chi connectivity index (χ2n) is 24.9. The van der Waals surface area contributed by atoms with Crippen LogP contribution in [0.2, 0.25) is 0 Å². The minimum Gasteiger partial charge on any atom is -0.466 e. The molecule has 0 saturated heterocycles. The topological polar surface area (TPSA) is 95.9 Å². The third-order valence-electron chi connectivity index (χ3n) is 17.2. The number of amides is 1. The number of hydrogen-bond acceptors (Lipinski definition) is 5. The standard InChI is InChI=1S/C71H141NO5/c1-3-5-7-9-11-13-15-16-17-18-19-31-34-37-40-44-47-51-55-59-63-69(74)68(67-73)72-70(75)64-60-56-52-48-45-41-38-35-32-29-27-25-23-21-20-22-24-26-28-30-33-36-39-42-46-50-54-58-62-66-77-71(76)65-61-57-53-49-43-14-12-10-8-6-4-2/h68-69,73-74H,3-67H2,1-2H3,(H,72,75). The van der Waals surface area contributed by atoms with Crippen LogP contribution in [0, 0.1) is 0 Å². The lowest BCUT2D eigenvalue weighted by Crippen LogP contribution is -2.45. The van der Waals surface area contributed by atoms with Gasteiger partial charge in [-0.05, 0) is 25.7 Å². The van der Waals surface area contributed by atoms with E-state index >= 15 is 0 Å². The largest absolute Gasteiger partial charge is 0.466 e. The van der Waals surface area contributed by atoms with E-state index in [0.29, 0.717) is 25.9 Å². The van der Waals surface area contributed by atoms with Gasteiger partial charge in [0.15, 0.2) is 0 Å². The molecule has 0 spiro atoms. The van der Waals surface area contributed by atoms with Crippen LogP contribution in [-0.2, 0) is 14.3 Å². The maximum absolute atomic E-state index is 12.5. The van der Waals surface area contributed by atoms with Crippen molar-refractivity contribution in [3.8, 4) is 0 Å². The molecule has 0 fully saturated rings. The van der Waals surface area contributed by atoms with Gasteiger partial charge in [-0.25, -0.2) is 0 Å². The highest BCUT2D eigenvalue weighted by Crippen LogP contribution is 2.20. The molecule has 1 amide bonds. The molecule has 6 heteroatoms. The van der Waals surface area contributed by atoms with Crippen LogP contribution >= 0.6 is 0 Å². The van der Waals surface area contributed by atoms with Crippen molar-refractivity contribution in [1.29, 1.82) is 0 Å². The number of hydrogen-bond donors (Lipinski definition) is 3. The minimum atomic E-state index is -0.661. The van der Waals surface area contributed by atoms with E-state index in [1.807, 2.05) is 0 Å². The van der Waals surface area contributed by atoms with E-state index in [1.54, 1.807) is 0 Å².